The molecule has 1 atom stereocenters. The van der Waals surface area contributed by atoms with E-state index in [4.69, 9.17) is 28.9 Å². The van der Waals surface area contributed by atoms with E-state index in [0.717, 1.165) is 21.2 Å². The predicted molar refractivity (Wildman–Crippen MR) is 134 cm³/mol. The third-order valence-electron chi connectivity index (χ3n) is 5.76. The van der Waals surface area contributed by atoms with Crippen LogP contribution in [-0.4, -0.2) is 11.5 Å². The molecule has 1 aromatic heterocycles. The molecule has 1 aromatic carbocycles. The summed E-state index contributed by atoms with van der Waals surface area (Å²) >= 11 is 15.7. The summed E-state index contributed by atoms with van der Waals surface area (Å²) in [5.41, 5.74) is 9.04. The van der Waals surface area contributed by atoms with E-state index in [1.165, 1.54) is 0 Å². The van der Waals surface area contributed by atoms with Crippen molar-refractivity contribution < 1.29 is 4.79 Å². The standard InChI is InChI=1S/C24H23Cl2N3OS2/c1-4-31-19-7-8-32-22(19)20-14(12-27)23(28)29(13-5-6-15(25)16(26)9-13)17-10-24(2,3)11-18(30)21(17)20/h5-9,20H,4,10-11,28H2,1-3H3/t20-/m0/s1. The monoisotopic (exact) mass is 503 g/mol. The summed E-state index contributed by atoms with van der Waals surface area (Å²) in [5, 5.41) is 13.0. The van der Waals surface area contributed by atoms with Crippen LogP contribution in [0.2, 0.25) is 10.0 Å². The molecule has 4 rings (SSSR count). The zero-order chi connectivity index (χ0) is 23.2. The van der Waals surface area contributed by atoms with E-state index in [9.17, 15) is 10.1 Å². The van der Waals surface area contributed by atoms with Crippen LogP contribution < -0.4 is 10.6 Å². The normalized spacial score (nSPS) is 20.4. The van der Waals surface area contributed by atoms with Gasteiger partial charge in [0.25, 0.3) is 0 Å². The number of carbonyl (C=O) groups excluding carboxylic acids is 1. The molecular formula is C24H23Cl2N3OS2. The lowest BCUT2D eigenvalue weighted by atomic mass is 9.69. The van der Waals surface area contributed by atoms with Crippen molar-refractivity contribution in [3.63, 3.8) is 0 Å². The van der Waals surface area contributed by atoms with E-state index in [0.29, 0.717) is 45.5 Å². The van der Waals surface area contributed by atoms with Crippen LogP contribution in [0.1, 0.15) is 44.4 Å². The average Bonchev–Trinajstić information content (AvgIpc) is 3.17. The van der Waals surface area contributed by atoms with Crippen LogP contribution >= 0.6 is 46.3 Å². The highest BCUT2D eigenvalue weighted by Crippen LogP contribution is 2.52. The fourth-order valence-corrected chi connectivity index (χ4v) is 6.83. The van der Waals surface area contributed by atoms with Crippen molar-refractivity contribution in [1.29, 1.82) is 5.26 Å². The molecule has 0 bridgehead atoms. The molecule has 2 heterocycles. The van der Waals surface area contributed by atoms with Gasteiger partial charge < -0.3 is 5.73 Å². The number of halogens is 2. The van der Waals surface area contributed by atoms with Gasteiger partial charge in [0.15, 0.2) is 5.78 Å². The molecule has 8 heteroatoms. The van der Waals surface area contributed by atoms with E-state index in [2.05, 4.69) is 32.9 Å². The van der Waals surface area contributed by atoms with Crippen molar-refractivity contribution in [1.82, 2.24) is 0 Å². The number of hydrogen-bond donors (Lipinski definition) is 1. The van der Waals surface area contributed by atoms with Crippen molar-refractivity contribution in [2.45, 2.75) is 44.4 Å². The minimum Gasteiger partial charge on any atom is -0.384 e. The van der Waals surface area contributed by atoms with E-state index < -0.39 is 5.92 Å². The first kappa shape index (κ1) is 23.3. The summed E-state index contributed by atoms with van der Waals surface area (Å²) in [6, 6.07) is 9.63. The summed E-state index contributed by atoms with van der Waals surface area (Å²) in [4.78, 5) is 17.5. The molecule has 32 heavy (non-hydrogen) atoms. The molecule has 0 fully saturated rings. The first-order chi connectivity index (χ1) is 15.2. The Hall–Kier alpha value is -1.91. The van der Waals surface area contributed by atoms with Crippen LogP contribution in [0, 0.1) is 16.7 Å². The van der Waals surface area contributed by atoms with Gasteiger partial charge in [0.1, 0.15) is 5.82 Å². The van der Waals surface area contributed by atoms with Gasteiger partial charge in [-0.25, -0.2) is 0 Å². The summed E-state index contributed by atoms with van der Waals surface area (Å²) in [7, 11) is 0. The highest BCUT2D eigenvalue weighted by Gasteiger charge is 2.45. The molecular weight excluding hydrogens is 481 g/mol. The van der Waals surface area contributed by atoms with Gasteiger partial charge in [-0.1, -0.05) is 44.0 Å². The first-order valence-corrected chi connectivity index (χ1v) is 12.9. The predicted octanol–water partition coefficient (Wildman–Crippen LogP) is 7.11. The number of allylic oxidation sites excluding steroid dienone is 3. The Morgan fingerprint density at radius 2 is 2.03 bits per heavy atom. The molecule has 0 saturated heterocycles. The molecule has 2 aromatic rings. The highest BCUT2D eigenvalue weighted by atomic mass is 35.5. The zero-order valence-electron chi connectivity index (χ0n) is 18.0. The lowest BCUT2D eigenvalue weighted by molar-refractivity contribution is -0.118. The second-order valence-corrected chi connectivity index (χ2v) is 11.7. The van der Waals surface area contributed by atoms with Crippen molar-refractivity contribution in [2.24, 2.45) is 11.1 Å². The van der Waals surface area contributed by atoms with Crippen LogP contribution in [-0.2, 0) is 4.79 Å². The Bertz CT molecular complexity index is 1210. The van der Waals surface area contributed by atoms with Gasteiger partial charge in [-0.3, -0.25) is 9.69 Å². The number of hydrogen-bond acceptors (Lipinski definition) is 6. The summed E-state index contributed by atoms with van der Waals surface area (Å²) in [6.07, 6.45) is 1.09. The molecule has 1 aliphatic carbocycles. The van der Waals surface area contributed by atoms with E-state index in [-0.39, 0.29) is 11.2 Å². The van der Waals surface area contributed by atoms with Gasteiger partial charge in [-0.05, 0) is 47.2 Å². The molecule has 0 amide bonds. The second kappa shape index (κ2) is 8.79. The number of nitrogens with two attached hydrogens (primary N) is 1. The van der Waals surface area contributed by atoms with E-state index in [1.54, 1.807) is 35.2 Å². The minimum absolute atomic E-state index is 0.0624. The van der Waals surface area contributed by atoms with Gasteiger partial charge in [-0.15, -0.1) is 23.1 Å². The summed E-state index contributed by atoms with van der Waals surface area (Å²) < 4.78 is 0. The van der Waals surface area contributed by atoms with Gasteiger partial charge >= 0.3 is 0 Å². The Balaban J connectivity index is 2.00. The largest absolute Gasteiger partial charge is 0.384 e. The maximum Gasteiger partial charge on any atom is 0.162 e. The number of carbonyl (C=O) groups is 1. The van der Waals surface area contributed by atoms with Crippen molar-refractivity contribution in [3.8, 4) is 6.07 Å². The number of ketones is 1. The van der Waals surface area contributed by atoms with E-state index in [1.807, 2.05) is 16.3 Å². The second-order valence-electron chi connectivity index (χ2n) is 8.66. The molecule has 2 N–H and O–H groups in total. The highest BCUT2D eigenvalue weighted by molar-refractivity contribution is 7.99. The topological polar surface area (TPSA) is 70.1 Å². The number of Topliss-reactive ketones (excluding diaryl/α,β-unsaturated/α-hetero) is 1. The molecule has 0 spiro atoms. The van der Waals surface area contributed by atoms with E-state index >= 15 is 0 Å². The number of nitriles is 1. The first-order valence-electron chi connectivity index (χ1n) is 10.3. The third kappa shape index (κ3) is 3.97. The van der Waals surface area contributed by atoms with Gasteiger partial charge in [0.2, 0.25) is 0 Å². The molecule has 0 radical (unpaired) electrons. The zero-order valence-corrected chi connectivity index (χ0v) is 21.2. The van der Waals surface area contributed by atoms with Crippen LogP contribution in [0.25, 0.3) is 0 Å². The SMILES string of the molecule is CCSc1ccsc1[C@H]1C(C#N)=C(N)N(c2ccc(Cl)c(Cl)c2)C2=C1C(=O)CC(C)(C)C2. The number of anilines is 1. The summed E-state index contributed by atoms with van der Waals surface area (Å²) in [6.45, 7) is 6.26. The minimum atomic E-state index is -0.452. The Labute approximate surface area is 206 Å². The van der Waals surface area contributed by atoms with Crippen LogP contribution in [0.15, 0.2) is 57.2 Å². The molecule has 166 valence electrons. The van der Waals surface area contributed by atoms with Crippen LogP contribution in [0.5, 0.6) is 0 Å². The molecule has 4 nitrogen and oxygen atoms in total. The lowest BCUT2D eigenvalue weighted by Crippen LogP contribution is -2.42. The lowest BCUT2D eigenvalue weighted by Gasteiger charge is -2.43. The van der Waals surface area contributed by atoms with Gasteiger partial charge in [-0.2, -0.15) is 5.26 Å². The van der Waals surface area contributed by atoms with Crippen molar-refractivity contribution >= 4 is 57.8 Å². The van der Waals surface area contributed by atoms with Crippen LogP contribution in [0.3, 0.4) is 0 Å². The fourth-order valence-electron chi connectivity index (χ4n) is 4.48. The molecule has 2 aliphatic rings. The third-order valence-corrected chi connectivity index (χ3v) is 8.57. The quantitative estimate of drug-likeness (QED) is 0.450. The summed E-state index contributed by atoms with van der Waals surface area (Å²) in [5.74, 6) is 0.847. The number of benzene rings is 1. The Morgan fingerprint density at radius 1 is 1.28 bits per heavy atom. The Morgan fingerprint density at radius 3 is 2.69 bits per heavy atom. The van der Waals surface area contributed by atoms with Crippen LogP contribution in [0.4, 0.5) is 5.69 Å². The molecule has 1 aliphatic heterocycles. The maximum atomic E-state index is 13.6. The number of rotatable bonds is 4. The van der Waals surface area contributed by atoms with Gasteiger partial charge in [0.05, 0.1) is 27.6 Å². The number of thioether (sulfide) groups is 1. The van der Waals surface area contributed by atoms with Crippen molar-refractivity contribution in [3.05, 3.63) is 67.2 Å². The van der Waals surface area contributed by atoms with Gasteiger partial charge in [0, 0.05) is 33.2 Å². The molecule has 0 unspecified atom stereocenters. The van der Waals surface area contributed by atoms with Crippen molar-refractivity contribution in [2.75, 3.05) is 10.7 Å². The Kier molecular flexibility index (Phi) is 6.39. The average molecular weight is 505 g/mol. The maximum absolute atomic E-state index is 13.6. The smallest absolute Gasteiger partial charge is 0.162 e. The molecule has 0 saturated carbocycles. The number of thiophene rings is 1. The number of nitrogens with zero attached hydrogens (tertiary/aromatic N) is 2. The fraction of sp³-hybridized carbons (Fsp3) is 0.333.